The summed E-state index contributed by atoms with van der Waals surface area (Å²) in [6.45, 7) is 4.17. The molecule has 1 aliphatic rings. The Hall–Kier alpha value is -1.05. The van der Waals surface area contributed by atoms with Crippen molar-refractivity contribution in [2.75, 3.05) is 5.32 Å². The fourth-order valence-corrected chi connectivity index (χ4v) is 1.71. The molecule has 0 unspecified atom stereocenters. The van der Waals surface area contributed by atoms with Crippen molar-refractivity contribution in [3.8, 4) is 0 Å². The topological polar surface area (TPSA) is 12.0 Å². The van der Waals surface area contributed by atoms with Crippen molar-refractivity contribution in [3.63, 3.8) is 0 Å². The molecule has 0 radical (unpaired) electrons. The SMILES string of the molecule is Cc1ccc(F)cc1N[C@@H](C)C1CC1. The summed E-state index contributed by atoms with van der Waals surface area (Å²) in [7, 11) is 0. The zero-order valence-corrected chi connectivity index (χ0v) is 8.68. The van der Waals surface area contributed by atoms with Crippen LogP contribution in [0.15, 0.2) is 18.2 Å². The standard InChI is InChI=1S/C12H16FN/c1-8-3-6-11(13)7-12(8)14-9(2)10-4-5-10/h3,6-7,9-10,14H,4-5H2,1-2H3/t9-/m0/s1. The van der Waals surface area contributed by atoms with Crippen LogP contribution in [0.25, 0.3) is 0 Å². The highest BCUT2D eigenvalue weighted by molar-refractivity contribution is 5.51. The summed E-state index contributed by atoms with van der Waals surface area (Å²) in [4.78, 5) is 0. The van der Waals surface area contributed by atoms with Crippen molar-refractivity contribution in [2.24, 2.45) is 5.92 Å². The van der Waals surface area contributed by atoms with E-state index < -0.39 is 0 Å². The molecule has 14 heavy (non-hydrogen) atoms. The summed E-state index contributed by atoms with van der Waals surface area (Å²) in [6, 6.07) is 5.36. The molecule has 1 saturated carbocycles. The van der Waals surface area contributed by atoms with Gasteiger partial charge < -0.3 is 5.32 Å². The molecule has 1 aromatic rings. The quantitative estimate of drug-likeness (QED) is 0.776. The Labute approximate surface area is 84.3 Å². The largest absolute Gasteiger partial charge is 0.382 e. The van der Waals surface area contributed by atoms with Crippen molar-refractivity contribution in [1.82, 2.24) is 0 Å². The van der Waals surface area contributed by atoms with Crippen LogP contribution < -0.4 is 5.32 Å². The lowest BCUT2D eigenvalue weighted by molar-refractivity contribution is 0.626. The molecule has 1 nitrogen and oxygen atoms in total. The molecule has 0 spiro atoms. The van der Waals surface area contributed by atoms with Crippen molar-refractivity contribution >= 4 is 5.69 Å². The van der Waals surface area contributed by atoms with Crippen LogP contribution in [0.4, 0.5) is 10.1 Å². The Morgan fingerprint density at radius 2 is 2.14 bits per heavy atom. The fraction of sp³-hybridized carbons (Fsp3) is 0.500. The molecule has 0 aromatic heterocycles. The summed E-state index contributed by atoms with van der Waals surface area (Å²) >= 11 is 0. The molecule has 0 saturated heterocycles. The van der Waals surface area contributed by atoms with E-state index in [9.17, 15) is 4.39 Å². The van der Waals surface area contributed by atoms with Crippen molar-refractivity contribution < 1.29 is 4.39 Å². The molecule has 1 atom stereocenters. The van der Waals surface area contributed by atoms with E-state index >= 15 is 0 Å². The number of hydrogen-bond acceptors (Lipinski definition) is 1. The molecule has 0 amide bonds. The number of aryl methyl sites for hydroxylation is 1. The lowest BCUT2D eigenvalue weighted by Crippen LogP contribution is -2.17. The number of nitrogens with one attached hydrogen (secondary N) is 1. The molecule has 2 heteroatoms. The maximum Gasteiger partial charge on any atom is 0.125 e. The maximum absolute atomic E-state index is 13.0. The Morgan fingerprint density at radius 1 is 1.43 bits per heavy atom. The van der Waals surface area contributed by atoms with Gasteiger partial charge in [0.1, 0.15) is 5.82 Å². The minimum Gasteiger partial charge on any atom is -0.382 e. The van der Waals surface area contributed by atoms with E-state index in [0.29, 0.717) is 6.04 Å². The molecule has 0 heterocycles. The first-order chi connectivity index (χ1) is 6.66. The van der Waals surface area contributed by atoms with E-state index in [4.69, 9.17) is 0 Å². The minimum atomic E-state index is -0.166. The summed E-state index contributed by atoms with van der Waals surface area (Å²) in [5.41, 5.74) is 2.04. The smallest absolute Gasteiger partial charge is 0.125 e. The van der Waals surface area contributed by atoms with Gasteiger partial charge in [0.15, 0.2) is 0 Å². The Bertz CT molecular complexity index is 331. The van der Waals surface area contributed by atoms with Crippen LogP contribution in [-0.4, -0.2) is 6.04 Å². The van der Waals surface area contributed by atoms with Crippen LogP contribution in [0, 0.1) is 18.7 Å². The lowest BCUT2D eigenvalue weighted by Gasteiger charge is -2.16. The molecule has 0 bridgehead atoms. The van der Waals surface area contributed by atoms with Gasteiger partial charge in [0.2, 0.25) is 0 Å². The monoisotopic (exact) mass is 193 g/mol. The van der Waals surface area contributed by atoms with E-state index in [0.717, 1.165) is 17.2 Å². The number of rotatable bonds is 3. The number of hydrogen-bond donors (Lipinski definition) is 1. The first kappa shape index (κ1) is 9.50. The predicted octanol–water partition coefficient (Wildman–Crippen LogP) is 3.34. The van der Waals surface area contributed by atoms with Crippen LogP contribution in [0.3, 0.4) is 0 Å². The molecule has 1 aromatic carbocycles. The van der Waals surface area contributed by atoms with Gasteiger partial charge >= 0.3 is 0 Å². The number of anilines is 1. The molecule has 76 valence electrons. The lowest BCUT2D eigenvalue weighted by atomic mass is 10.1. The van der Waals surface area contributed by atoms with Gasteiger partial charge in [0.25, 0.3) is 0 Å². The average Bonchev–Trinajstić information content (AvgIpc) is 2.94. The zero-order chi connectivity index (χ0) is 10.1. The van der Waals surface area contributed by atoms with E-state index in [1.54, 1.807) is 6.07 Å². The molecular weight excluding hydrogens is 177 g/mol. The fourth-order valence-electron chi connectivity index (χ4n) is 1.71. The normalized spacial score (nSPS) is 17.9. The van der Waals surface area contributed by atoms with Gasteiger partial charge in [-0.2, -0.15) is 0 Å². The Balaban J connectivity index is 2.10. The molecular formula is C12H16FN. The van der Waals surface area contributed by atoms with Crippen molar-refractivity contribution in [1.29, 1.82) is 0 Å². The molecule has 0 aliphatic heterocycles. The van der Waals surface area contributed by atoms with Gasteiger partial charge in [-0.05, 0) is 50.3 Å². The van der Waals surface area contributed by atoms with Gasteiger partial charge in [-0.1, -0.05) is 6.07 Å². The number of halogens is 1. The summed E-state index contributed by atoms with van der Waals surface area (Å²) in [5.74, 6) is 0.624. The Kier molecular flexibility index (Phi) is 2.44. The molecule has 2 rings (SSSR count). The predicted molar refractivity (Wildman–Crippen MR) is 56.9 cm³/mol. The minimum absolute atomic E-state index is 0.166. The second kappa shape index (κ2) is 3.60. The third-order valence-electron chi connectivity index (χ3n) is 2.91. The third-order valence-corrected chi connectivity index (χ3v) is 2.91. The van der Waals surface area contributed by atoms with Gasteiger partial charge in [0.05, 0.1) is 0 Å². The second-order valence-electron chi connectivity index (χ2n) is 4.23. The van der Waals surface area contributed by atoms with Gasteiger partial charge in [-0.15, -0.1) is 0 Å². The highest BCUT2D eigenvalue weighted by atomic mass is 19.1. The summed E-state index contributed by atoms with van der Waals surface area (Å²) in [6.07, 6.45) is 2.62. The van der Waals surface area contributed by atoms with E-state index in [-0.39, 0.29) is 5.82 Å². The molecule has 1 aliphatic carbocycles. The Morgan fingerprint density at radius 3 is 2.79 bits per heavy atom. The maximum atomic E-state index is 13.0. The van der Waals surface area contributed by atoms with Crippen molar-refractivity contribution in [3.05, 3.63) is 29.6 Å². The highest BCUT2D eigenvalue weighted by Gasteiger charge is 2.27. The average molecular weight is 193 g/mol. The van der Waals surface area contributed by atoms with E-state index in [1.165, 1.54) is 18.9 Å². The first-order valence-corrected chi connectivity index (χ1v) is 5.19. The number of benzene rings is 1. The summed E-state index contributed by atoms with van der Waals surface area (Å²) in [5, 5.41) is 3.37. The molecule has 1 fully saturated rings. The van der Waals surface area contributed by atoms with Crippen LogP contribution in [0.2, 0.25) is 0 Å². The van der Waals surface area contributed by atoms with Crippen LogP contribution in [0.1, 0.15) is 25.3 Å². The van der Waals surface area contributed by atoms with Crippen LogP contribution in [-0.2, 0) is 0 Å². The third kappa shape index (κ3) is 2.06. The van der Waals surface area contributed by atoms with E-state index in [1.807, 2.05) is 13.0 Å². The van der Waals surface area contributed by atoms with E-state index in [2.05, 4.69) is 12.2 Å². The highest BCUT2D eigenvalue weighted by Crippen LogP contribution is 2.34. The van der Waals surface area contributed by atoms with Crippen molar-refractivity contribution in [2.45, 2.75) is 32.7 Å². The summed E-state index contributed by atoms with van der Waals surface area (Å²) < 4.78 is 13.0. The van der Waals surface area contributed by atoms with Gasteiger partial charge in [0, 0.05) is 11.7 Å². The zero-order valence-electron chi connectivity index (χ0n) is 8.68. The molecule has 1 N–H and O–H groups in total. The van der Waals surface area contributed by atoms with Crippen LogP contribution >= 0.6 is 0 Å². The van der Waals surface area contributed by atoms with Gasteiger partial charge in [-0.25, -0.2) is 4.39 Å². The van der Waals surface area contributed by atoms with Crippen LogP contribution in [0.5, 0.6) is 0 Å². The first-order valence-electron chi connectivity index (χ1n) is 5.19. The second-order valence-corrected chi connectivity index (χ2v) is 4.23. The van der Waals surface area contributed by atoms with Gasteiger partial charge in [-0.3, -0.25) is 0 Å².